The molecule has 0 aromatic carbocycles. The van der Waals surface area contributed by atoms with Crippen LogP contribution in [0.25, 0.3) is 11.4 Å². The van der Waals surface area contributed by atoms with Gasteiger partial charge in [-0.05, 0) is 50.0 Å². The van der Waals surface area contributed by atoms with Gasteiger partial charge in [-0.3, -0.25) is 4.90 Å². The van der Waals surface area contributed by atoms with Gasteiger partial charge in [0.25, 0.3) is 0 Å². The van der Waals surface area contributed by atoms with E-state index in [0.717, 1.165) is 6.54 Å². The number of pyridine rings is 1. The zero-order valence-corrected chi connectivity index (χ0v) is 12.9. The fourth-order valence-electron chi connectivity index (χ4n) is 3.28. The highest BCUT2D eigenvalue weighted by molar-refractivity contribution is 5.67. The lowest BCUT2D eigenvalue weighted by Gasteiger charge is -2.44. The zero-order chi connectivity index (χ0) is 15.6. The lowest BCUT2D eigenvalue weighted by Crippen LogP contribution is -2.52. The second-order valence-electron chi connectivity index (χ2n) is 6.10. The van der Waals surface area contributed by atoms with Gasteiger partial charge < -0.3 is 4.74 Å². The Hall–Kier alpha value is -2.45. The highest BCUT2D eigenvalue weighted by atomic mass is 16.5. The summed E-state index contributed by atoms with van der Waals surface area (Å²) in [5, 5.41) is 7.83. The monoisotopic (exact) mass is 306 g/mol. The normalized spacial score (nSPS) is 25.8. The van der Waals surface area contributed by atoms with Crippen LogP contribution in [0.1, 0.15) is 18.4 Å². The Morgan fingerprint density at radius 3 is 2.48 bits per heavy atom. The summed E-state index contributed by atoms with van der Waals surface area (Å²) in [5.74, 6) is 3.74. The van der Waals surface area contributed by atoms with E-state index in [9.17, 15) is 0 Å². The Morgan fingerprint density at radius 1 is 1.17 bits per heavy atom. The summed E-state index contributed by atoms with van der Waals surface area (Å²) in [6.45, 7) is 3.39. The lowest BCUT2D eigenvalue weighted by atomic mass is 9.86. The van der Waals surface area contributed by atoms with E-state index in [2.05, 4.69) is 26.0 Å². The topological polar surface area (TPSA) is 51.1 Å². The van der Waals surface area contributed by atoms with Gasteiger partial charge in [-0.25, -0.2) is 4.98 Å². The number of aromatic nitrogens is 3. The molecule has 0 N–H and O–H groups in total. The number of terminal acetylenes is 1. The number of rotatable bonds is 2. The average molecular weight is 306 g/mol. The summed E-state index contributed by atoms with van der Waals surface area (Å²) in [6.07, 6.45) is 9.68. The van der Waals surface area contributed by atoms with Crippen LogP contribution < -0.4 is 4.74 Å². The summed E-state index contributed by atoms with van der Waals surface area (Å²) in [5.41, 5.74) is 3.04. The molecule has 1 aromatic rings. The van der Waals surface area contributed by atoms with Crippen LogP contribution in [0.5, 0.6) is 5.88 Å². The SMILES string of the molecule is C#Cc1ccnnc1OC1CN2CCC1CC2.c1cc2nc-2c1. The second-order valence-corrected chi connectivity index (χ2v) is 6.10. The van der Waals surface area contributed by atoms with Gasteiger partial charge in [0.1, 0.15) is 6.10 Å². The average Bonchev–Trinajstić information content (AvgIpc) is 3.22. The van der Waals surface area contributed by atoms with Gasteiger partial charge in [-0.15, -0.1) is 11.5 Å². The van der Waals surface area contributed by atoms with E-state index < -0.39 is 0 Å². The highest BCUT2D eigenvalue weighted by Crippen LogP contribution is 2.30. The van der Waals surface area contributed by atoms with Crippen molar-refractivity contribution >= 4 is 0 Å². The number of hydrogen-bond acceptors (Lipinski definition) is 5. The first-order chi connectivity index (χ1) is 11.3. The Balaban J connectivity index is 0.000000186. The Bertz CT molecular complexity index is 729. The van der Waals surface area contributed by atoms with Crippen molar-refractivity contribution in [2.24, 2.45) is 5.92 Å². The van der Waals surface area contributed by atoms with Crippen molar-refractivity contribution in [3.05, 3.63) is 36.0 Å². The molecule has 1 atom stereocenters. The molecule has 5 heterocycles. The zero-order valence-electron chi connectivity index (χ0n) is 12.9. The molecule has 5 heteroatoms. The van der Waals surface area contributed by atoms with E-state index in [1.807, 2.05) is 18.2 Å². The molecule has 3 fully saturated rings. The maximum Gasteiger partial charge on any atom is 0.249 e. The van der Waals surface area contributed by atoms with Crippen LogP contribution in [-0.4, -0.2) is 45.8 Å². The van der Waals surface area contributed by atoms with Crippen LogP contribution >= 0.6 is 0 Å². The number of ether oxygens (including phenoxy) is 1. The molecule has 6 rings (SSSR count). The maximum atomic E-state index is 5.95. The van der Waals surface area contributed by atoms with Crippen LogP contribution in [0.15, 0.2) is 30.5 Å². The van der Waals surface area contributed by atoms with E-state index in [1.54, 1.807) is 12.3 Å². The van der Waals surface area contributed by atoms with Gasteiger partial charge in [0.05, 0.1) is 23.1 Å². The van der Waals surface area contributed by atoms with Gasteiger partial charge in [0, 0.05) is 6.54 Å². The fraction of sp³-hybridized carbons (Fsp3) is 0.389. The van der Waals surface area contributed by atoms with E-state index in [0.29, 0.717) is 17.4 Å². The van der Waals surface area contributed by atoms with Gasteiger partial charge in [0.15, 0.2) is 0 Å². The summed E-state index contributed by atoms with van der Waals surface area (Å²) >= 11 is 0. The molecule has 3 saturated heterocycles. The third kappa shape index (κ3) is 3.03. The number of nitrogens with zero attached hydrogens (tertiary/aromatic N) is 4. The Labute approximate surface area is 135 Å². The first-order valence-electron chi connectivity index (χ1n) is 7.98. The third-order valence-corrected chi connectivity index (χ3v) is 4.66. The Kier molecular flexibility index (Phi) is 3.68. The number of fused-ring (bicyclic) bond motifs is 4. The predicted octanol–water partition coefficient (Wildman–Crippen LogP) is 1.99. The minimum Gasteiger partial charge on any atom is -0.471 e. The van der Waals surface area contributed by atoms with E-state index in [4.69, 9.17) is 11.2 Å². The minimum atomic E-state index is 0.223. The first-order valence-corrected chi connectivity index (χ1v) is 7.98. The fourth-order valence-corrected chi connectivity index (χ4v) is 3.28. The Morgan fingerprint density at radius 2 is 1.96 bits per heavy atom. The largest absolute Gasteiger partial charge is 0.471 e. The van der Waals surface area contributed by atoms with Gasteiger partial charge >= 0.3 is 0 Å². The first kappa shape index (κ1) is 14.2. The molecule has 4 aliphatic heterocycles. The molecule has 23 heavy (non-hydrogen) atoms. The van der Waals surface area contributed by atoms with Crippen LogP contribution in [0, 0.1) is 18.3 Å². The molecule has 5 nitrogen and oxygen atoms in total. The molecule has 0 amide bonds. The summed E-state index contributed by atoms with van der Waals surface area (Å²) in [4.78, 5) is 6.39. The summed E-state index contributed by atoms with van der Waals surface area (Å²) < 4.78 is 5.95. The van der Waals surface area contributed by atoms with Crippen LogP contribution in [0.4, 0.5) is 0 Å². The summed E-state index contributed by atoms with van der Waals surface area (Å²) in [7, 11) is 0. The lowest BCUT2D eigenvalue weighted by molar-refractivity contribution is -0.0105. The molecular formula is C18H18N4O. The van der Waals surface area contributed by atoms with Crippen molar-refractivity contribution in [2.45, 2.75) is 18.9 Å². The van der Waals surface area contributed by atoms with E-state index in [-0.39, 0.29) is 6.10 Å². The van der Waals surface area contributed by atoms with Gasteiger partial charge in [-0.2, -0.15) is 5.10 Å². The smallest absolute Gasteiger partial charge is 0.249 e. The molecular weight excluding hydrogens is 288 g/mol. The molecule has 0 spiro atoms. The van der Waals surface area contributed by atoms with Crippen LogP contribution in [0.3, 0.4) is 0 Å². The molecule has 116 valence electrons. The molecule has 0 saturated carbocycles. The van der Waals surface area contributed by atoms with Crippen molar-refractivity contribution in [1.82, 2.24) is 20.1 Å². The predicted molar refractivity (Wildman–Crippen MR) is 86.8 cm³/mol. The summed E-state index contributed by atoms with van der Waals surface area (Å²) in [6, 6.07) is 7.80. The quantitative estimate of drug-likeness (QED) is 0.678. The van der Waals surface area contributed by atoms with Crippen LogP contribution in [-0.2, 0) is 0 Å². The number of hydrogen-bond donors (Lipinski definition) is 0. The number of piperidine rings is 3. The molecule has 1 aromatic heterocycles. The van der Waals surface area contributed by atoms with Gasteiger partial charge in [-0.1, -0.05) is 12.0 Å². The minimum absolute atomic E-state index is 0.223. The van der Waals surface area contributed by atoms with Crippen molar-refractivity contribution in [1.29, 1.82) is 0 Å². The van der Waals surface area contributed by atoms with E-state index >= 15 is 0 Å². The maximum absolute atomic E-state index is 5.95. The highest BCUT2D eigenvalue weighted by Gasteiger charge is 2.36. The standard InChI is InChI=1S/C13H15N3O.C5H3N/c1-2-10-3-6-14-15-13(10)17-12-9-16-7-4-11(12)5-8-16;1-2-4-5(3-1)6-4/h1,3,6,11-12H,4-5,7-9H2;1-3H. The van der Waals surface area contributed by atoms with Crippen molar-refractivity contribution < 1.29 is 4.74 Å². The third-order valence-electron chi connectivity index (χ3n) is 4.66. The molecule has 1 aliphatic carbocycles. The van der Waals surface area contributed by atoms with Crippen LogP contribution in [0.2, 0.25) is 0 Å². The molecule has 5 aliphatic rings. The van der Waals surface area contributed by atoms with Crippen molar-refractivity contribution in [2.75, 3.05) is 19.6 Å². The van der Waals surface area contributed by atoms with E-state index in [1.165, 1.54) is 37.3 Å². The van der Waals surface area contributed by atoms with Crippen molar-refractivity contribution in [3.63, 3.8) is 0 Å². The van der Waals surface area contributed by atoms with Crippen molar-refractivity contribution in [3.8, 4) is 29.6 Å². The molecule has 2 bridgehead atoms. The second kappa shape index (κ2) is 5.98. The van der Waals surface area contributed by atoms with Gasteiger partial charge in [0.2, 0.25) is 5.88 Å². The molecule has 0 radical (unpaired) electrons. The molecule has 1 unspecified atom stereocenters.